The van der Waals surface area contributed by atoms with Crippen molar-refractivity contribution in [2.75, 3.05) is 20.8 Å². The fraction of sp³-hybridized carbons (Fsp3) is 0.238. The Labute approximate surface area is 175 Å². The zero-order chi connectivity index (χ0) is 20.6. The number of hydrogen-bond donors (Lipinski definition) is 0. The Morgan fingerprint density at radius 2 is 1.72 bits per heavy atom. The van der Waals surface area contributed by atoms with E-state index in [1.807, 2.05) is 30.5 Å². The SMILES string of the molecule is COc1ccc(C2c3cccn3CCN2S(=O)(=O)c2ccccc2Cl)cc1OC. The molecule has 4 rings (SSSR count). The van der Waals surface area contributed by atoms with Crippen molar-refractivity contribution >= 4 is 21.6 Å². The number of ether oxygens (including phenoxy) is 2. The first-order valence-corrected chi connectivity index (χ1v) is 10.9. The molecule has 0 bridgehead atoms. The minimum atomic E-state index is -3.83. The number of hydrogen-bond acceptors (Lipinski definition) is 4. The molecule has 1 atom stereocenters. The van der Waals surface area contributed by atoms with Crippen LogP contribution >= 0.6 is 11.6 Å². The maximum absolute atomic E-state index is 13.6. The zero-order valence-corrected chi connectivity index (χ0v) is 17.7. The van der Waals surface area contributed by atoms with Gasteiger partial charge in [-0.3, -0.25) is 0 Å². The number of nitrogens with zero attached hydrogens (tertiary/aromatic N) is 2. The normalized spacial score (nSPS) is 17.0. The van der Waals surface area contributed by atoms with Gasteiger partial charge >= 0.3 is 0 Å². The number of benzene rings is 2. The Hall–Kier alpha value is -2.48. The summed E-state index contributed by atoms with van der Waals surface area (Å²) in [7, 11) is -0.704. The van der Waals surface area contributed by atoms with Crippen LogP contribution in [-0.4, -0.2) is 38.1 Å². The van der Waals surface area contributed by atoms with Crippen LogP contribution in [0.25, 0.3) is 0 Å². The predicted octanol–water partition coefficient (Wildman–Crippen LogP) is 3.95. The zero-order valence-electron chi connectivity index (χ0n) is 16.1. The molecule has 1 aromatic heterocycles. The summed E-state index contributed by atoms with van der Waals surface area (Å²) < 4.78 is 41.5. The first-order valence-electron chi connectivity index (χ1n) is 9.10. The van der Waals surface area contributed by atoms with Crippen LogP contribution in [0.3, 0.4) is 0 Å². The van der Waals surface area contributed by atoms with Crippen molar-refractivity contribution in [1.29, 1.82) is 0 Å². The van der Waals surface area contributed by atoms with E-state index in [1.165, 1.54) is 10.4 Å². The lowest BCUT2D eigenvalue weighted by Gasteiger charge is -2.36. The minimum absolute atomic E-state index is 0.104. The summed E-state index contributed by atoms with van der Waals surface area (Å²) in [6.45, 7) is 0.893. The quantitative estimate of drug-likeness (QED) is 0.612. The van der Waals surface area contributed by atoms with Gasteiger partial charge in [-0.2, -0.15) is 4.31 Å². The van der Waals surface area contributed by atoms with Gasteiger partial charge in [0.2, 0.25) is 10.0 Å². The van der Waals surface area contributed by atoms with Gasteiger partial charge < -0.3 is 14.0 Å². The standard InChI is InChI=1S/C21H21ClN2O4S/c1-27-18-10-9-15(14-19(18)28-2)21-17-7-5-11-23(17)12-13-24(21)29(25,26)20-8-4-3-6-16(20)22/h3-11,14,21H,12-13H2,1-2H3. The second-order valence-electron chi connectivity index (χ2n) is 6.69. The number of aromatic nitrogens is 1. The number of sulfonamides is 1. The van der Waals surface area contributed by atoms with Crippen LogP contribution in [0.4, 0.5) is 0 Å². The molecule has 0 saturated carbocycles. The number of fused-ring (bicyclic) bond motifs is 1. The summed E-state index contributed by atoms with van der Waals surface area (Å²) >= 11 is 6.24. The Bertz CT molecular complexity index is 1140. The molecular formula is C21H21ClN2O4S. The lowest BCUT2D eigenvalue weighted by molar-refractivity contribution is 0.296. The molecule has 0 amide bonds. The van der Waals surface area contributed by atoms with E-state index in [0.717, 1.165) is 11.3 Å². The Morgan fingerprint density at radius 1 is 0.966 bits per heavy atom. The Balaban J connectivity index is 1.88. The molecular weight excluding hydrogens is 412 g/mol. The van der Waals surface area contributed by atoms with E-state index in [-0.39, 0.29) is 9.92 Å². The third-order valence-electron chi connectivity index (χ3n) is 5.14. The summed E-state index contributed by atoms with van der Waals surface area (Å²) in [5, 5.41) is 0.208. The molecule has 1 unspecified atom stereocenters. The van der Waals surface area contributed by atoms with E-state index < -0.39 is 16.1 Å². The first-order chi connectivity index (χ1) is 14.0. The van der Waals surface area contributed by atoms with E-state index in [9.17, 15) is 8.42 Å². The number of methoxy groups -OCH3 is 2. The van der Waals surface area contributed by atoms with Crippen LogP contribution in [0.2, 0.25) is 5.02 Å². The summed E-state index contributed by atoms with van der Waals surface area (Å²) in [5.41, 5.74) is 1.68. The van der Waals surface area contributed by atoms with Gasteiger partial charge in [0, 0.05) is 25.0 Å². The average Bonchev–Trinajstić information content (AvgIpc) is 3.21. The van der Waals surface area contributed by atoms with Crippen LogP contribution in [0.5, 0.6) is 11.5 Å². The molecule has 6 nitrogen and oxygen atoms in total. The Morgan fingerprint density at radius 3 is 2.45 bits per heavy atom. The predicted molar refractivity (Wildman–Crippen MR) is 111 cm³/mol. The Kier molecular flexibility index (Phi) is 5.29. The number of halogens is 1. The van der Waals surface area contributed by atoms with Gasteiger partial charge in [-0.25, -0.2) is 8.42 Å². The third kappa shape index (κ3) is 3.39. The minimum Gasteiger partial charge on any atom is -0.493 e. The molecule has 0 aliphatic carbocycles. The van der Waals surface area contributed by atoms with E-state index in [1.54, 1.807) is 38.5 Å². The molecule has 0 radical (unpaired) electrons. The average molecular weight is 433 g/mol. The highest BCUT2D eigenvalue weighted by molar-refractivity contribution is 7.89. The van der Waals surface area contributed by atoms with E-state index in [4.69, 9.17) is 21.1 Å². The fourth-order valence-electron chi connectivity index (χ4n) is 3.76. The van der Waals surface area contributed by atoms with E-state index in [0.29, 0.717) is 24.6 Å². The van der Waals surface area contributed by atoms with Gasteiger partial charge in [0.25, 0.3) is 0 Å². The molecule has 0 N–H and O–H groups in total. The maximum Gasteiger partial charge on any atom is 0.245 e. The second-order valence-corrected chi connectivity index (χ2v) is 8.96. The van der Waals surface area contributed by atoms with Gasteiger partial charge in [0.1, 0.15) is 4.90 Å². The second kappa shape index (κ2) is 7.74. The van der Waals surface area contributed by atoms with E-state index >= 15 is 0 Å². The molecule has 0 saturated heterocycles. The van der Waals surface area contributed by atoms with Crippen LogP contribution in [-0.2, 0) is 16.6 Å². The van der Waals surface area contributed by atoms with Crippen LogP contribution in [0.15, 0.2) is 65.7 Å². The van der Waals surface area contributed by atoms with Crippen molar-refractivity contribution in [1.82, 2.24) is 8.87 Å². The highest BCUT2D eigenvalue weighted by Gasteiger charge is 2.38. The van der Waals surface area contributed by atoms with Gasteiger partial charge in [0.05, 0.1) is 25.3 Å². The van der Waals surface area contributed by atoms with E-state index in [2.05, 4.69) is 4.57 Å². The highest BCUT2D eigenvalue weighted by Crippen LogP contribution is 2.40. The maximum atomic E-state index is 13.6. The van der Waals surface area contributed by atoms with Crippen molar-refractivity contribution in [2.45, 2.75) is 17.5 Å². The van der Waals surface area contributed by atoms with Crippen LogP contribution < -0.4 is 9.47 Å². The molecule has 2 aromatic carbocycles. The van der Waals surface area contributed by atoms with Crippen molar-refractivity contribution in [2.24, 2.45) is 0 Å². The fourth-order valence-corrected chi connectivity index (χ4v) is 5.84. The molecule has 0 spiro atoms. The number of rotatable bonds is 5. The van der Waals surface area contributed by atoms with Gasteiger partial charge in [-0.05, 0) is 42.0 Å². The summed E-state index contributed by atoms with van der Waals surface area (Å²) in [6.07, 6.45) is 1.96. The lowest BCUT2D eigenvalue weighted by Crippen LogP contribution is -2.42. The molecule has 8 heteroatoms. The lowest BCUT2D eigenvalue weighted by atomic mass is 10.0. The van der Waals surface area contributed by atoms with Gasteiger partial charge in [-0.1, -0.05) is 29.8 Å². The van der Waals surface area contributed by atoms with Gasteiger partial charge in [0.15, 0.2) is 11.5 Å². The monoisotopic (exact) mass is 432 g/mol. The first kappa shape index (κ1) is 19.8. The molecule has 1 aliphatic heterocycles. The smallest absolute Gasteiger partial charge is 0.245 e. The topological polar surface area (TPSA) is 60.8 Å². The third-order valence-corrected chi connectivity index (χ3v) is 7.50. The summed E-state index contributed by atoms with van der Waals surface area (Å²) in [5.74, 6) is 1.13. The van der Waals surface area contributed by atoms with Crippen LogP contribution in [0.1, 0.15) is 17.3 Å². The molecule has 0 fully saturated rings. The highest BCUT2D eigenvalue weighted by atomic mass is 35.5. The largest absolute Gasteiger partial charge is 0.493 e. The summed E-state index contributed by atoms with van der Waals surface area (Å²) in [4.78, 5) is 0.104. The molecule has 1 aliphatic rings. The molecule has 29 heavy (non-hydrogen) atoms. The van der Waals surface area contributed by atoms with Crippen molar-refractivity contribution in [3.63, 3.8) is 0 Å². The molecule has 3 aromatic rings. The van der Waals surface area contributed by atoms with Crippen molar-refractivity contribution in [3.05, 3.63) is 77.1 Å². The van der Waals surface area contributed by atoms with Crippen LogP contribution in [0, 0.1) is 0 Å². The molecule has 152 valence electrons. The van der Waals surface area contributed by atoms with Gasteiger partial charge in [-0.15, -0.1) is 0 Å². The molecule has 2 heterocycles. The summed E-state index contributed by atoms with van der Waals surface area (Å²) in [6, 6.07) is 15.3. The van der Waals surface area contributed by atoms with Crippen molar-refractivity contribution < 1.29 is 17.9 Å². The van der Waals surface area contributed by atoms with Crippen molar-refractivity contribution in [3.8, 4) is 11.5 Å².